The third-order valence-corrected chi connectivity index (χ3v) is 4.11. The summed E-state index contributed by atoms with van der Waals surface area (Å²) in [5, 5.41) is 5.87. The van der Waals surface area contributed by atoms with E-state index in [-0.39, 0.29) is 17.3 Å². The molecule has 0 spiro atoms. The van der Waals surface area contributed by atoms with Gasteiger partial charge in [0.1, 0.15) is 5.69 Å². The number of rotatable bonds is 3. The number of nitrogens with one attached hydrogen (secondary N) is 1. The van der Waals surface area contributed by atoms with Gasteiger partial charge in [-0.3, -0.25) is 14.8 Å². The number of hydrogen-bond acceptors (Lipinski definition) is 3. The zero-order valence-corrected chi connectivity index (χ0v) is 11.2. The Morgan fingerprint density at radius 1 is 1.30 bits per heavy atom. The smallest absolute Gasteiger partial charge is 0.279 e. The van der Waals surface area contributed by atoms with E-state index in [0.717, 1.165) is 19.2 Å². The van der Waals surface area contributed by atoms with Crippen LogP contribution in [-0.4, -0.2) is 58.1 Å². The van der Waals surface area contributed by atoms with Gasteiger partial charge < -0.3 is 4.90 Å². The second kappa shape index (κ2) is 5.47. The molecule has 20 heavy (non-hydrogen) atoms. The molecule has 0 saturated carbocycles. The van der Waals surface area contributed by atoms with Crippen molar-refractivity contribution >= 4 is 5.91 Å². The summed E-state index contributed by atoms with van der Waals surface area (Å²) in [4.78, 5) is 16.2. The number of aromatic amines is 1. The number of nitrogens with zero attached hydrogens (tertiary/aromatic N) is 3. The van der Waals surface area contributed by atoms with E-state index in [9.17, 15) is 13.6 Å². The number of carbonyl (C=O) groups is 1. The van der Waals surface area contributed by atoms with E-state index in [2.05, 4.69) is 15.1 Å². The molecule has 0 unspecified atom stereocenters. The van der Waals surface area contributed by atoms with Crippen molar-refractivity contribution in [1.82, 2.24) is 20.0 Å². The maximum atomic E-state index is 12.4. The van der Waals surface area contributed by atoms with Crippen molar-refractivity contribution in [1.29, 1.82) is 0 Å². The van der Waals surface area contributed by atoms with Crippen LogP contribution >= 0.6 is 0 Å². The topological polar surface area (TPSA) is 52.2 Å². The molecule has 3 rings (SSSR count). The van der Waals surface area contributed by atoms with Gasteiger partial charge >= 0.3 is 0 Å². The fourth-order valence-corrected chi connectivity index (χ4v) is 2.86. The molecule has 110 valence electrons. The first-order chi connectivity index (χ1) is 9.65. The summed E-state index contributed by atoms with van der Waals surface area (Å²) in [6.45, 7) is 3.56. The third-order valence-electron chi connectivity index (χ3n) is 4.11. The Hall–Kier alpha value is -1.50. The number of aromatic nitrogens is 2. The molecule has 2 fully saturated rings. The second-order valence-corrected chi connectivity index (χ2v) is 5.47. The molecule has 0 bridgehead atoms. The lowest BCUT2D eigenvalue weighted by Gasteiger charge is -2.46. The van der Waals surface area contributed by atoms with E-state index >= 15 is 0 Å². The Balaban J connectivity index is 1.54. The van der Waals surface area contributed by atoms with Crippen LogP contribution < -0.4 is 0 Å². The predicted octanol–water partition coefficient (Wildman–Crippen LogP) is 1.66. The van der Waals surface area contributed by atoms with Crippen LogP contribution in [0.3, 0.4) is 0 Å². The summed E-state index contributed by atoms with van der Waals surface area (Å²) in [6.07, 6.45) is 1.11. The van der Waals surface area contributed by atoms with Gasteiger partial charge in [-0.2, -0.15) is 5.10 Å². The van der Waals surface area contributed by atoms with Crippen molar-refractivity contribution in [2.24, 2.45) is 0 Å². The molecule has 2 aliphatic heterocycles. The number of piperidine rings is 1. The zero-order chi connectivity index (χ0) is 14.1. The lowest BCUT2D eigenvalue weighted by Crippen LogP contribution is -2.61. The molecule has 3 heterocycles. The number of likely N-dealkylation sites (tertiary alicyclic amines) is 2. The maximum absolute atomic E-state index is 12.4. The van der Waals surface area contributed by atoms with E-state index < -0.39 is 6.43 Å². The van der Waals surface area contributed by atoms with Crippen molar-refractivity contribution in [3.8, 4) is 0 Å². The summed E-state index contributed by atoms with van der Waals surface area (Å²) in [5.74, 6) is -0.263. The average Bonchev–Trinajstić information content (AvgIpc) is 2.88. The van der Waals surface area contributed by atoms with Crippen LogP contribution in [0.25, 0.3) is 0 Å². The zero-order valence-electron chi connectivity index (χ0n) is 11.2. The van der Waals surface area contributed by atoms with Crippen molar-refractivity contribution in [3.05, 3.63) is 17.5 Å². The monoisotopic (exact) mass is 284 g/mol. The van der Waals surface area contributed by atoms with E-state index in [1.165, 1.54) is 19.3 Å². The highest BCUT2D eigenvalue weighted by Gasteiger charge is 2.36. The van der Waals surface area contributed by atoms with Gasteiger partial charge in [-0.05, 0) is 32.0 Å². The van der Waals surface area contributed by atoms with Crippen LogP contribution in [0, 0.1) is 0 Å². The Morgan fingerprint density at radius 3 is 2.60 bits per heavy atom. The molecule has 0 aromatic carbocycles. The summed E-state index contributed by atoms with van der Waals surface area (Å²) in [5.41, 5.74) is -0.223. The minimum atomic E-state index is -2.62. The molecule has 1 aromatic rings. The second-order valence-electron chi connectivity index (χ2n) is 5.47. The minimum absolute atomic E-state index is 0.0809. The van der Waals surface area contributed by atoms with Gasteiger partial charge in [0.15, 0.2) is 5.69 Å². The molecular weight excluding hydrogens is 266 g/mol. The van der Waals surface area contributed by atoms with Crippen LogP contribution in [0.2, 0.25) is 0 Å². The molecule has 0 atom stereocenters. The Bertz CT molecular complexity index is 478. The van der Waals surface area contributed by atoms with Crippen LogP contribution in [0.15, 0.2) is 6.07 Å². The van der Waals surface area contributed by atoms with Crippen molar-refractivity contribution in [2.75, 3.05) is 26.2 Å². The largest absolute Gasteiger partial charge is 0.334 e. The van der Waals surface area contributed by atoms with E-state index in [4.69, 9.17) is 0 Å². The molecule has 2 saturated heterocycles. The van der Waals surface area contributed by atoms with Crippen LogP contribution in [0.1, 0.15) is 41.9 Å². The SMILES string of the molecule is O=C(c1cc(C(F)F)[nH]n1)N1CC(N2CCCCC2)C1. The van der Waals surface area contributed by atoms with Gasteiger partial charge in [-0.15, -0.1) is 0 Å². The standard InChI is InChI=1S/C13H18F2N4O/c14-12(15)10-6-11(17-16-10)13(20)19-7-9(8-19)18-4-2-1-3-5-18/h6,9,12H,1-5,7-8H2,(H,16,17). The predicted molar refractivity (Wildman–Crippen MR) is 68.7 cm³/mol. The van der Waals surface area contributed by atoms with Gasteiger partial charge in [-0.25, -0.2) is 8.78 Å². The summed E-state index contributed by atoms with van der Waals surface area (Å²) in [7, 11) is 0. The molecule has 1 aromatic heterocycles. The van der Waals surface area contributed by atoms with Crippen molar-refractivity contribution in [3.63, 3.8) is 0 Å². The summed E-state index contributed by atoms with van der Waals surface area (Å²) >= 11 is 0. The highest BCUT2D eigenvalue weighted by atomic mass is 19.3. The quantitative estimate of drug-likeness (QED) is 0.918. The number of alkyl halides is 2. The lowest BCUT2D eigenvalue weighted by molar-refractivity contribution is 0.0199. The molecule has 5 nitrogen and oxygen atoms in total. The Labute approximate surface area is 115 Å². The first-order valence-electron chi connectivity index (χ1n) is 7.02. The first kappa shape index (κ1) is 13.5. The van der Waals surface area contributed by atoms with Gasteiger partial charge in [0.25, 0.3) is 12.3 Å². The van der Waals surface area contributed by atoms with Crippen LogP contribution in [0.5, 0.6) is 0 Å². The lowest BCUT2D eigenvalue weighted by atomic mass is 10.0. The molecule has 0 aliphatic carbocycles. The molecular formula is C13H18F2N4O. The molecule has 1 N–H and O–H groups in total. The Kier molecular flexibility index (Phi) is 3.69. The number of halogens is 2. The summed E-state index contributed by atoms with van der Waals surface area (Å²) < 4.78 is 24.9. The number of H-pyrrole nitrogens is 1. The van der Waals surface area contributed by atoms with Gasteiger partial charge in [0.2, 0.25) is 0 Å². The summed E-state index contributed by atoms with van der Waals surface area (Å²) in [6, 6.07) is 1.56. The average molecular weight is 284 g/mol. The van der Waals surface area contributed by atoms with Gasteiger partial charge in [-0.1, -0.05) is 6.42 Å². The third kappa shape index (κ3) is 2.54. The van der Waals surface area contributed by atoms with Crippen molar-refractivity contribution < 1.29 is 13.6 Å². The molecule has 1 amide bonds. The van der Waals surface area contributed by atoms with Crippen molar-refractivity contribution in [2.45, 2.75) is 31.7 Å². The maximum Gasteiger partial charge on any atom is 0.279 e. The fourth-order valence-electron chi connectivity index (χ4n) is 2.86. The van der Waals surface area contributed by atoms with Gasteiger partial charge in [0, 0.05) is 19.1 Å². The minimum Gasteiger partial charge on any atom is -0.334 e. The highest BCUT2D eigenvalue weighted by molar-refractivity contribution is 5.93. The number of hydrogen-bond donors (Lipinski definition) is 1. The molecule has 2 aliphatic rings. The molecule has 0 radical (unpaired) electrons. The van der Waals surface area contributed by atoms with E-state index in [1.807, 2.05) is 0 Å². The highest BCUT2D eigenvalue weighted by Crippen LogP contribution is 2.22. The normalized spacial score (nSPS) is 21.2. The number of carbonyl (C=O) groups excluding carboxylic acids is 1. The van der Waals surface area contributed by atoms with Crippen LogP contribution in [-0.2, 0) is 0 Å². The molecule has 7 heteroatoms. The van der Waals surface area contributed by atoms with Gasteiger partial charge in [0.05, 0.1) is 0 Å². The van der Waals surface area contributed by atoms with Crippen LogP contribution in [0.4, 0.5) is 8.78 Å². The van der Waals surface area contributed by atoms with E-state index in [1.54, 1.807) is 4.90 Å². The van der Waals surface area contributed by atoms with E-state index in [0.29, 0.717) is 19.1 Å². The first-order valence-corrected chi connectivity index (χ1v) is 7.02. The Morgan fingerprint density at radius 2 is 2.00 bits per heavy atom. The number of amides is 1. The fraction of sp³-hybridized carbons (Fsp3) is 0.692.